The van der Waals surface area contributed by atoms with Crippen LogP contribution in [0.4, 0.5) is 0 Å². The normalized spacial score (nSPS) is 25.4. The third-order valence-corrected chi connectivity index (χ3v) is 4.49. The minimum Gasteiger partial charge on any atom is -0.497 e. The molecule has 1 aliphatic rings. The van der Waals surface area contributed by atoms with E-state index in [4.69, 9.17) is 19.3 Å². The lowest BCUT2D eigenvalue weighted by Gasteiger charge is -2.34. The fraction of sp³-hybridized carbons (Fsp3) is 0.684. The molecular weight excluding hydrogens is 308 g/mol. The molecule has 1 heterocycles. The molecule has 1 unspecified atom stereocenters. The lowest BCUT2D eigenvalue weighted by Crippen LogP contribution is -2.40. The minimum atomic E-state index is -0.449. The van der Waals surface area contributed by atoms with E-state index >= 15 is 0 Å². The van der Waals surface area contributed by atoms with Gasteiger partial charge in [0.1, 0.15) is 5.75 Å². The van der Waals surface area contributed by atoms with Crippen LogP contribution in [0.2, 0.25) is 0 Å². The van der Waals surface area contributed by atoms with Gasteiger partial charge in [0.25, 0.3) is 0 Å². The second kappa shape index (κ2) is 9.99. The van der Waals surface area contributed by atoms with Crippen molar-refractivity contribution in [2.24, 2.45) is 5.92 Å². The first-order valence-electron chi connectivity index (χ1n) is 8.77. The predicted molar refractivity (Wildman–Crippen MR) is 92.0 cm³/mol. The van der Waals surface area contributed by atoms with Crippen molar-refractivity contribution >= 4 is 0 Å². The van der Waals surface area contributed by atoms with Gasteiger partial charge >= 0.3 is 0 Å². The van der Waals surface area contributed by atoms with Crippen LogP contribution in [0.1, 0.15) is 38.2 Å². The summed E-state index contributed by atoms with van der Waals surface area (Å²) in [5.74, 6) is 1.24. The molecule has 2 rings (SSSR count). The molecule has 0 radical (unpaired) electrons. The zero-order valence-corrected chi connectivity index (χ0v) is 14.7. The maximum Gasteiger partial charge on any atom is 0.118 e. The summed E-state index contributed by atoms with van der Waals surface area (Å²) >= 11 is 0. The van der Waals surface area contributed by atoms with Crippen molar-refractivity contribution in [1.29, 1.82) is 0 Å². The Hall–Kier alpha value is -1.14. The molecular formula is C19H30O5. The van der Waals surface area contributed by atoms with E-state index in [2.05, 4.69) is 6.92 Å². The van der Waals surface area contributed by atoms with Crippen LogP contribution >= 0.6 is 0 Å². The SMILES string of the molecule is COc1ccc(COC[C@H](C)C[C@@H]2CCC(O)[C@@H](CCO)O2)cc1. The van der Waals surface area contributed by atoms with Crippen LogP contribution in [0, 0.1) is 5.92 Å². The van der Waals surface area contributed by atoms with Crippen molar-refractivity contribution in [3.05, 3.63) is 29.8 Å². The van der Waals surface area contributed by atoms with Gasteiger partial charge in [0.2, 0.25) is 0 Å². The predicted octanol–water partition coefficient (Wildman–Crippen LogP) is 2.53. The van der Waals surface area contributed by atoms with Crippen LogP contribution in [-0.2, 0) is 16.1 Å². The molecule has 5 heteroatoms. The quantitative estimate of drug-likeness (QED) is 0.724. The van der Waals surface area contributed by atoms with E-state index in [1.165, 1.54) is 0 Å². The lowest BCUT2D eigenvalue weighted by molar-refractivity contribution is -0.130. The zero-order valence-electron chi connectivity index (χ0n) is 14.7. The van der Waals surface area contributed by atoms with E-state index < -0.39 is 6.10 Å². The van der Waals surface area contributed by atoms with Crippen molar-refractivity contribution in [2.75, 3.05) is 20.3 Å². The highest BCUT2D eigenvalue weighted by Crippen LogP contribution is 2.26. The van der Waals surface area contributed by atoms with Crippen LogP contribution in [0.5, 0.6) is 5.75 Å². The Labute approximate surface area is 144 Å². The molecule has 5 nitrogen and oxygen atoms in total. The largest absolute Gasteiger partial charge is 0.497 e. The maximum atomic E-state index is 9.89. The van der Waals surface area contributed by atoms with E-state index in [1.54, 1.807) is 7.11 Å². The molecule has 1 aromatic carbocycles. The van der Waals surface area contributed by atoms with E-state index in [0.29, 0.717) is 25.6 Å². The number of rotatable bonds is 9. The monoisotopic (exact) mass is 338 g/mol. The van der Waals surface area contributed by atoms with Crippen molar-refractivity contribution in [3.63, 3.8) is 0 Å². The summed E-state index contributed by atoms with van der Waals surface area (Å²) in [6, 6.07) is 7.89. The smallest absolute Gasteiger partial charge is 0.118 e. The van der Waals surface area contributed by atoms with Gasteiger partial charge < -0.3 is 24.4 Å². The minimum absolute atomic E-state index is 0.0506. The molecule has 136 valence electrons. The standard InChI is InChI=1S/C19H30O5/c1-14(11-17-7-8-18(21)19(24-17)9-10-20)12-23-13-15-3-5-16(22-2)6-4-15/h3-6,14,17-21H,7-13H2,1-2H3/t14-,17+,18?,19-/m1/s1. The summed E-state index contributed by atoms with van der Waals surface area (Å²) < 4.78 is 16.9. The number of benzene rings is 1. The van der Waals surface area contributed by atoms with Crippen LogP contribution in [-0.4, -0.2) is 48.8 Å². The number of aliphatic hydroxyl groups excluding tert-OH is 2. The topological polar surface area (TPSA) is 68.2 Å². The second-order valence-electron chi connectivity index (χ2n) is 6.66. The summed E-state index contributed by atoms with van der Waals surface area (Å²) in [6.45, 7) is 3.48. The van der Waals surface area contributed by atoms with Gasteiger partial charge in [0, 0.05) is 13.2 Å². The average molecular weight is 338 g/mol. The molecule has 1 saturated heterocycles. The number of aliphatic hydroxyl groups is 2. The molecule has 2 N–H and O–H groups in total. The van der Waals surface area contributed by atoms with Gasteiger partial charge in [-0.15, -0.1) is 0 Å². The molecule has 0 bridgehead atoms. The number of methoxy groups -OCH3 is 1. The zero-order chi connectivity index (χ0) is 17.4. The van der Waals surface area contributed by atoms with Crippen LogP contribution < -0.4 is 4.74 Å². The first kappa shape index (κ1) is 19.2. The molecule has 1 aromatic rings. The van der Waals surface area contributed by atoms with Crippen molar-refractivity contribution in [1.82, 2.24) is 0 Å². The van der Waals surface area contributed by atoms with Crippen LogP contribution in [0.25, 0.3) is 0 Å². The summed E-state index contributed by atoms with van der Waals surface area (Å²) in [4.78, 5) is 0. The van der Waals surface area contributed by atoms with Crippen LogP contribution in [0.3, 0.4) is 0 Å². The number of hydrogen-bond acceptors (Lipinski definition) is 5. The van der Waals surface area contributed by atoms with Gasteiger partial charge in [-0.25, -0.2) is 0 Å². The highest BCUT2D eigenvalue weighted by atomic mass is 16.5. The number of hydrogen-bond donors (Lipinski definition) is 2. The van der Waals surface area contributed by atoms with E-state index in [-0.39, 0.29) is 18.8 Å². The Morgan fingerprint density at radius 2 is 2.00 bits per heavy atom. The van der Waals surface area contributed by atoms with Crippen molar-refractivity contribution in [3.8, 4) is 5.75 Å². The van der Waals surface area contributed by atoms with Crippen molar-refractivity contribution in [2.45, 2.75) is 57.5 Å². The molecule has 4 atom stereocenters. The van der Waals surface area contributed by atoms with Gasteiger partial charge in [-0.05, 0) is 49.3 Å². The lowest BCUT2D eigenvalue weighted by atomic mass is 9.94. The van der Waals surface area contributed by atoms with E-state index in [1.807, 2.05) is 24.3 Å². The van der Waals surface area contributed by atoms with E-state index in [0.717, 1.165) is 30.6 Å². The van der Waals surface area contributed by atoms with Gasteiger partial charge in [0.05, 0.1) is 32.0 Å². The highest BCUT2D eigenvalue weighted by molar-refractivity contribution is 5.26. The highest BCUT2D eigenvalue weighted by Gasteiger charge is 2.30. The summed E-state index contributed by atoms with van der Waals surface area (Å²) in [5, 5.41) is 18.9. The van der Waals surface area contributed by atoms with E-state index in [9.17, 15) is 5.11 Å². The Bertz CT molecular complexity index is 461. The Balaban J connectivity index is 1.67. The van der Waals surface area contributed by atoms with Gasteiger partial charge in [-0.2, -0.15) is 0 Å². The first-order valence-corrected chi connectivity index (χ1v) is 8.77. The summed E-state index contributed by atoms with van der Waals surface area (Å²) in [5.41, 5.74) is 1.13. The Kier molecular flexibility index (Phi) is 7.99. The molecule has 1 fully saturated rings. The molecule has 0 amide bonds. The molecule has 1 aliphatic heterocycles. The van der Waals surface area contributed by atoms with Gasteiger partial charge in [0.15, 0.2) is 0 Å². The summed E-state index contributed by atoms with van der Waals surface area (Å²) in [6.07, 6.45) is 2.48. The Morgan fingerprint density at radius 1 is 1.25 bits per heavy atom. The average Bonchev–Trinajstić information content (AvgIpc) is 2.59. The van der Waals surface area contributed by atoms with Gasteiger partial charge in [-0.1, -0.05) is 19.1 Å². The molecule has 24 heavy (non-hydrogen) atoms. The summed E-state index contributed by atoms with van der Waals surface area (Å²) in [7, 11) is 1.66. The van der Waals surface area contributed by atoms with Crippen LogP contribution in [0.15, 0.2) is 24.3 Å². The van der Waals surface area contributed by atoms with Crippen molar-refractivity contribution < 1.29 is 24.4 Å². The molecule has 0 aromatic heterocycles. The van der Waals surface area contributed by atoms with Gasteiger partial charge in [-0.3, -0.25) is 0 Å². The third-order valence-electron chi connectivity index (χ3n) is 4.49. The molecule has 0 aliphatic carbocycles. The Morgan fingerprint density at radius 3 is 2.67 bits per heavy atom. The third kappa shape index (κ3) is 6.06. The molecule has 0 spiro atoms. The maximum absolute atomic E-state index is 9.89. The second-order valence-corrected chi connectivity index (χ2v) is 6.66. The molecule has 0 saturated carbocycles. The fourth-order valence-corrected chi connectivity index (χ4v) is 3.13. The fourth-order valence-electron chi connectivity index (χ4n) is 3.13. The first-order chi connectivity index (χ1) is 11.6. The number of ether oxygens (including phenoxy) is 3.